The van der Waals surface area contributed by atoms with Gasteiger partial charge in [0.15, 0.2) is 0 Å². The van der Waals surface area contributed by atoms with E-state index in [9.17, 15) is 14.9 Å². The largest absolute Gasteiger partial charge is 0.353 e. The van der Waals surface area contributed by atoms with Crippen molar-refractivity contribution in [2.75, 3.05) is 18.0 Å². The molecule has 1 aliphatic rings. The zero-order chi connectivity index (χ0) is 15.4. The van der Waals surface area contributed by atoms with Crippen LogP contribution >= 0.6 is 0 Å². The average molecular weight is 292 g/mol. The van der Waals surface area contributed by atoms with Crippen LogP contribution in [0.2, 0.25) is 0 Å². The molecule has 7 heteroatoms. The first-order chi connectivity index (χ1) is 10.0. The van der Waals surface area contributed by atoms with Gasteiger partial charge in [-0.25, -0.2) is 4.98 Å². The van der Waals surface area contributed by atoms with Gasteiger partial charge in [0.2, 0.25) is 11.7 Å². The van der Waals surface area contributed by atoms with Crippen LogP contribution in [0, 0.1) is 17.0 Å². The molecule has 21 heavy (non-hydrogen) atoms. The summed E-state index contributed by atoms with van der Waals surface area (Å²) in [7, 11) is 0. The van der Waals surface area contributed by atoms with E-state index in [0.29, 0.717) is 30.9 Å². The number of piperidine rings is 1. The second-order valence-electron chi connectivity index (χ2n) is 5.24. The van der Waals surface area contributed by atoms with Crippen LogP contribution in [0.4, 0.5) is 11.5 Å². The molecule has 7 nitrogen and oxygen atoms in total. The maximum absolute atomic E-state index is 11.4. The van der Waals surface area contributed by atoms with Gasteiger partial charge in [0.25, 0.3) is 0 Å². The van der Waals surface area contributed by atoms with E-state index in [0.717, 1.165) is 12.8 Å². The third kappa shape index (κ3) is 3.48. The Hall–Kier alpha value is -2.18. The molecule has 1 aromatic rings. The zero-order valence-electron chi connectivity index (χ0n) is 12.3. The summed E-state index contributed by atoms with van der Waals surface area (Å²) in [5.74, 6) is 0.480. The summed E-state index contributed by atoms with van der Waals surface area (Å²) in [4.78, 5) is 28.4. The molecule has 1 fully saturated rings. The molecule has 2 rings (SSSR count). The number of hydrogen-bond donors (Lipinski definition) is 1. The molecule has 0 saturated carbocycles. The first kappa shape index (κ1) is 15.2. The number of nitrogens with zero attached hydrogens (tertiary/aromatic N) is 3. The number of aromatic nitrogens is 1. The minimum atomic E-state index is -0.372. The summed E-state index contributed by atoms with van der Waals surface area (Å²) in [5, 5.41) is 14.2. The van der Waals surface area contributed by atoms with Crippen molar-refractivity contribution in [3.63, 3.8) is 0 Å². The lowest BCUT2D eigenvalue weighted by molar-refractivity contribution is -0.384. The Morgan fingerprint density at radius 2 is 2.19 bits per heavy atom. The number of amides is 1. The maximum atomic E-state index is 11.4. The number of anilines is 1. The predicted octanol–water partition coefficient (Wildman–Crippen LogP) is 1.79. The van der Waals surface area contributed by atoms with Gasteiger partial charge in [-0.05, 0) is 25.8 Å². The Bertz CT molecular complexity index is 539. The zero-order valence-corrected chi connectivity index (χ0v) is 12.3. The van der Waals surface area contributed by atoms with Gasteiger partial charge in [-0.15, -0.1) is 0 Å². The Morgan fingerprint density at radius 3 is 2.76 bits per heavy atom. The molecule has 1 N–H and O–H groups in total. The van der Waals surface area contributed by atoms with Crippen LogP contribution in [-0.4, -0.2) is 34.9 Å². The van der Waals surface area contributed by atoms with Gasteiger partial charge in [0.1, 0.15) is 0 Å². The van der Waals surface area contributed by atoms with Crippen molar-refractivity contribution < 1.29 is 9.72 Å². The highest BCUT2D eigenvalue weighted by Gasteiger charge is 2.27. The number of aryl methyl sites for hydroxylation is 1. The Balaban J connectivity index is 2.08. The SMILES string of the molecule is CCC(=O)NC1CCN(c2nccc(C)c2[N+](=O)[O-])CC1. The van der Waals surface area contributed by atoms with Gasteiger partial charge < -0.3 is 10.2 Å². The van der Waals surface area contributed by atoms with Gasteiger partial charge in [0.05, 0.1) is 4.92 Å². The van der Waals surface area contributed by atoms with Crippen LogP contribution in [0.25, 0.3) is 0 Å². The Labute approximate surface area is 123 Å². The fourth-order valence-corrected chi connectivity index (χ4v) is 2.56. The molecule has 1 amide bonds. The topological polar surface area (TPSA) is 88.4 Å². The molecule has 0 bridgehead atoms. The van der Waals surface area contributed by atoms with Crippen molar-refractivity contribution >= 4 is 17.4 Å². The number of carbonyl (C=O) groups is 1. The molecule has 1 saturated heterocycles. The first-order valence-corrected chi connectivity index (χ1v) is 7.17. The minimum Gasteiger partial charge on any atom is -0.353 e. The van der Waals surface area contributed by atoms with E-state index in [1.165, 1.54) is 0 Å². The molecule has 0 radical (unpaired) electrons. The fourth-order valence-electron chi connectivity index (χ4n) is 2.56. The van der Waals surface area contributed by atoms with Crippen molar-refractivity contribution in [3.05, 3.63) is 27.9 Å². The third-order valence-corrected chi connectivity index (χ3v) is 3.77. The second-order valence-corrected chi connectivity index (χ2v) is 5.24. The van der Waals surface area contributed by atoms with Crippen LogP contribution in [0.5, 0.6) is 0 Å². The smallest absolute Gasteiger partial charge is 0.314 e. The van der Waals surface area contributed by atoms with Crippen LogP contribution in [0.1, 0.15) is 31.7 Å². The minimum absolute atomic E-state index is 0.0492. The number of rotatable bonds is 4. The highest BCUT2D eigenvalue weighted by molar-refractivity contribution is 5.75. The molecule has 1 aliphatic heterocycles. The number of nitrogens with one attached hydrogen (secondary N) is 1. The summed E-state index contributed by atoms with van der Waals surface area (Å²) in [5.41, 5.74) is 0.694. The normalized spacial score (nSPS) is 15.8. The van der Waals surface area contributed by atoms with Crippen LogP contribution in [-0.2, 0) is 4.79 Å². The van der Waals surface area contributed by atoms with Crippen molar-refractivity contribution in [3.8, 4) is 0 Å². The van der Waals surface area contributed by atoms with Crippen molar-refractivity contribution in [2.45, 2.75) is 39.2 Å². The molecule has 2 heterocycles. The van der Waals surface area contributed by atoms with E-state index in [4.69, 9.17) is 0 Å². The van der Waals surface area contributed by atoms with Gasteiger partial charge in [-0.2, -0.15) is 0 Å². The molecule has 0 unspecified atom stereocenters. The molecule has 0 aliphatic carbocycles. The summed E-state index contributed by atoms with van der Waals surface area (Å²) in [6.45, 7) is 4.86. The highest BCUT2D eigenvalue weighted by atomic mass is 16.6. The third-order valence-electron chi connectivity index (χ3n) is 3.77. The summed E-state index contributed by atoms with van der Waals surface area (Å²) in [6, 6.07) is 1.80. The van der Waals surface area contributed by atoms with Gasteiger partial charge >= 0.3 is 5.69 Å². The monoisotopic (exact) mass is 292 g/mol. The van der Waals surface area contributed by atoms with E-state index < -0.39 is 0 Å². The lowest BCUT2D eigenvalue weighted by atomic mass is 10.0. The van der Waals surface area contributed by atoms with Crippen molar-refractivity contribution in [1.29, 1.82) is 0 Å². The quantitative estimate of drug-likeness (QED) is 0.675. The molecular weight excluding hydrogens is 272 g/mol. The average Bonchev–Trinajstić information content (AvgIpc) is 2.47. The lowest BCUT2D eigenvalue weighted by Crippen LogP contribution is -2.45. The summed E-state index contributed by atoms with van der Waals surface area (Å²) in [6.07, 6.45) is 3.63. The van der Waals surface area contributed by atoms with E-state index in [-0.39, 0.29) is 22.6 Å². The number of hydrogen-bond acceptors (Lipinski definition) is 5. The first-order valence-electron chi connectivity index (χ1n) is 7.17. The molecule has 0 spiro atoms. The molecule has 0 aromatic carbocycles. The van der Waals surface area contributed by atoms with E-state index in [1.54, 1.807) is 19.2 Å². The molecule has 0 atom stereocenters. The summed E-state index contributed by atoms with van der Waals surface area (Å²) >= 11 is 0. The van der Waals surface area contributed by atoms with E-state index in [2.05, 4.69) is 10.3 Å². The van der Waals surface area contributed by atoms with Crippen LogP contribution in [0.3, 0.4) is 0 Å². The maximum Gasteiger partial charge on any atom is 0.314 e. The summed E-state index contributed by atoms with van der Waals surface area (Å²) < 4.78 is 0. The van der Waals surface area contributed by atoms with E-state index >= 15 is 0 Å². The second kappa shape index (κ2) is 6.51. The van der Waals surface area contributed by atoms with E-state index in [1.807, 2.05) is 11.8 Å². The molecule has 114 valence electrons. The molecular formula is C14H20N4O3. The van der Waals surface area contributed by atoms with Gasteiger partial charge in [0, 0.05) is 37.3 Å². The fraction of sp³-hybridized carbons (Fsp3) is 0.571. The highest BCUT2D eigenvalue weighted by Crippen LogP contribution is 2.30. The number of nitro groups is 1. The number of pyridine rings is 1. The lowest BCUT2D eigenvalue weighted by Gasteiger charge is -2.32. The molecule has 1 aromatic heterocycles. The van der Waals surface area contributed by atoms with Crippen LogP contribution in [0.15, 0.2) is 12.3 Å². The Morgan fingerprint density at radius 1 is 1.52 bits per heavy atom. The van der Waals surface area contributed by atoms with Crippen molar-refractivity contribution in [2.24, 2.45) is 0 Å². The van der Waals surface area contributed by atoms with Gasteiger partial charge in [-0.3, -0.25) is 14.9 Å². The number of carbonyl (C=O) groups excluding carboxylic acids is 1. The van der Waals surface area contributed by atoms with Gasteiger partial charge in [-0.1, -0.05) is 6.92 Å². The van der Waals surface area contributed by atoms with Crippen molar-refractivity contribution in [1.82, 2.24) is 10.3 Å². The standard InChI is InChI=1S/C14H20N4O3/c1-3-12(19)16-11-5-8-17(9-6-11)14-13(18(20)21)10(2)4-7-15-14/h4,7,11H,3,5-6,8-9H2,1-2H3,(H,16,19). The predicted molar refractivity (Wildman–Crippen MR) is 79.3 cm³/mol. The Kier molecular flexibility index (Phi) is 4.72. The van der Waals surface area contributed by atoms with Crippen LogP contribution < -0.4 is 10.2 Å².